The molecule has 13 heavy (non-hydrogen) atoms. The SMILES string of the molecule is CNCc1cccc([Si](C)(C)O)c1. The molecule has 2 nitrogen and oxygen atoms in total. The molecule has 0 amide bonds. The van der Waals surface area contributed by atoms with Crippen LogP contribution < -0.4 is 10.5 Å². The number of nitrogens with one attached hydrogen (secondary N) is 1. The Morgan fingerprint density at radius 1 is 1.38 bits per heavy atom. The van der Waals surface area contributed by atoms with E-state index in [1.54, 1.807) is 0 Å². The highest BCUT2D eigenvalue weighted by Gasteiger charge is 2.19. The molecular weight excluding hydrogens is 178 g/mol. The van der Waals surface area contributed by atoms with Gasteiger partial charge in [-0.25, -0.2) is 0 Å². The van der Waals surface area contributed by atoms with Crippen molar-refractivity contribution in [3.63, 3.8) is 0 Å². The molecule has 0 spiro atoms. The van der Waals surface area contributed by atoms with E-state index < -0.39 is 8.32 Å². The molecule has 1 aromatic carbocycles. The van der Waals surface area contributed by atoms with Crippen molar-refractivity contribution < 1.29 is 4.80 Å². The Hall–Kier alpha value is -0.643. The molecule has 0 aliphatic heterocycles. The summed E-state index contributed by atoms with van der Waals surface area (Å²) in [5, 5.41) is 4.19. The van der Waals surface area contributed by atoms with E-state index in [1.807, 2.05) is 32.3 Å². The zero-order valence-corrected chi connectivity index (χ0v) is 9.46. The summed E-state index contributed by atoms with van der Waals surface area (Å²) in [5.41, 5.74) is 1.23. The lowest BCUT2D eigenvalue weighted by molar-refractivity contribution is 0.568. The topological polar surface area (TPSA) is 32.3 Å². The van der Waals surface area contributed by atoms with Crippen molar-refractivity contribution in [1.29, 1.82) is 0 Å². The van der Waals surface area contributed by atoms with Gasteiger partial charge in [0.05, 0.1) is 0 Å². The van der Waals surface area contributed by atoms with Crippen molar-refractivity contribution in [3.05, 3.63) is 29.8 Å². The summed E-state index contributed by atoms with van der Waals surface area (Å²) >= 11 is 0. The van der Waals surface area contributed by atoms with Crippen LogP contribution in [0.15, 0.2) is 24.3 Å². The van der Waals surface area contributed by atoms with Crippen molar-refractivity contribution >= 4 is 13.5 Å². The molecule has 2 N–H and O–H groups in total. The number of rotatable bonds is 3. The Kier molecular flexibility index (Phi) is 3.25. The fourth-order valence-electron chi connectivity index (χ4n) is 1.27. The molecule has 0 bridgehead atoms. The average molecular weight is 195 g/mol. The van der Waals surface area contributed by atoms with Gasteiger partial charge in [-0.05, 0) is 30.9 Å². The minimum Gasteiger partial charge on any atom is -0.428 e. The first-order chi connectivity index (χ1) is 6.04. The Labute approximate surface area is 80.7 Å². The van der Waals surface area contributed by atoms with Crippen LogP contribution in [-0.4, -0.2) is 20.2 Å². The Bertz CT molecular complexity index is 280. The lowest BCUT2D eigenvalue weighted by atomic mass is 10.2. The molecule has 0 fully saturated rings. The molecule has 1 aromatic rings. The summed E-state index contributed by atoms with van der Waals surface area (Å²) in [6.07, 6.45) is 0. The normalized spacial score (nSPS) is 11.7. The molecule has 0 saturated carbocycles. The molecule has 0 aliphatic carbocycles. The zero-order chi connectivity index (χ0) is 9.90. The van der Waals surface area contributed by atoms with Crippen molar-refractivity contribution in [2.75, 3.05) is 7.05 Å². The Balaban J connectivity index is 2.92. The number of hydrogen-bond acceptors (Lipinski definition) is 2. The van der Waals surface area contributed by atoms with Crippen LogP contribution in [0.5, 0.6) is 0 Å². The summed E-state index contributed by atoms with van der Waals surface area (Å²) in [6.45, 7) is 4.73. The van der Waals surface area contributed by atoms with Crippen molar-refractivity contribution in [1.82, 2.24) is 5.32 Å². The van der Waals surface area contributed by atoms with Crippen LogP contribution >= 0.6 is 0 Å². The van der Waals surface area contributed by atoms with Crippen LogP contribution in [-0.2, 0) is 6.54 Å². The van der Waals surface area contributed by atoms with Crippen LogP contribution in [0.25, 0.3) is 0 Å². The highest BCUT2D eigenvalue weighted by molar-refractivity contribution is 6.83. The second kappa shape index (κ2) is 4.04. The van der Waals surface area contributed by atoms with Gasteiger partial charge >= 0.3 is 0 Å². The quantitative estimate of drug-likeness (QED) is 0.700. The lowest BCUT2D eigenvalue weighted by Gasteiger charge is -2.15. The first kappa shape index (κ1) is 10.4. The van der Waals surface area contributed by atoms with E-state index in [0.29, 0.717) is 0 Å². The van der Waals surface area contributed by atoms with Gasteiger partial charge in [0.25, 0.3) is 0 Å². The Morgan fingerprint density at radius 3 is 2.62 bits per heavy atom. The third-order valence-corrected chi connectivity index (χ3v) is 3.74. The van der Waals surface area contributed by atoms with Gasteiger partial charge < -0.3 is 10.1 Å². The lowest BCUT2D eigenvalue weighted by Crippen LogP contribution is -2.41. The fourth-order valence-corrected chi connectivity index (χ4v) is 2.31. The molecule has 0 radical (unpaired) electrons. The summed E-state index contributed by atoms with van der Waals surface area (Å²) in [7, 11) is -0.197. The fraction of sp³-hybridized carbons (Fsp3) is 0.400. The van der Waals surface area contributed by atoms with E-state index in [1.165, 1.54) is 5.56 Å². The molecular formula is C10H17NOSi. The maximum atomic E-state index is 9.90. The van der Waals surface area contributed by atoms with Crippen LogP contribution in [0.1, 0.15) is 5.56 Å². The highest BCUT2D eigenvalue weighted by atomic mass is 28.4. The molecule has 0 aromatic heterocycles. The predicted octanol–water partition coefficient (Wildman–Crippen LogP) is 0.810. The van der Waals surface area contributed by atoms with Gasteiger partial charge in [0.1, 0.15) is 0 Å². The molecule has 0 unspecified atom stereocenters. The van der Waals surface area contributed by atoms with E-state index in [0.717, 1.165) is 11.7 Å². The monoisotopic (exact) mass is 195 g/mol. The smallest absolute Gasteiger partial charge is 0.213 e. The molecule has 0 atom stereocenters. The van der Waals surface area contributed by atoms with Crippen molar-refractivity contribution in [2.24, 2.45) is 0 Å². The van der Waals surface area contributed by atoms with Gasteiger partial charge in [0.2, 0.25) is 8.32 Å². The molecule has 0 heterocycles. The highest BCUT2D eigenvalue weighted by Crippen LogP contribution is 2.02. The maximum absolute atomic E-state index is 9.90. The van der Waals surface area contributed by atoms with Gasteiger partial charge in [-0.15, -0.1) is 0 Å². The molecule has 3 heteroatoms. The number of benzene rings is 1. The van der Waals surface area contributed by atoms with Crippen LogP contribution in [0.2, 0.25) is 13.1 Å². The third-order valence-electron chi connectivity index (χ3n) is 2.01. The summed E-state index contributed by atoms with van der Waals surface area (Å²) in [4.78, 5) is 9.90. The van der Waals surface area contributed by atoms with E-state index in [2.05, 4.69) is 17.4 Å². The van der Waals surface area contributed by atoms with Gasteiger partial charge in [-0.1, -0.05) is 24.3 Å². The van der Waals surface area contributed by atoms with Crippen LogP contribution in [0.3, 0.4) is 0 Å². The largest absolute Gasteiger partial charge is 0.428 e. The predicted molar refractivity (Wildman–Crippen MR) is 58.5 cm³/mol. The summed E-state index contributed by atoms with van der Waals surface area (Å²) in [5.74, 6) is 0. The van der Waals surface area contributed by atoms with E-state index >= 15 is 0 Å². The second-order valence-electron chi connectivity index (χ2n) is 3.79. The van der Waals surface area contributed by atoms with Gasteiger partial charge in [-0.3, -0.25) is 0 Å². The zero-order valence-electron chi connectivity index (χ0n) is 8.46. The second-order valence-corrected chi connectivity index (χ2v) is 7.49. The first-order valence-corrected chi connectivity index (χ1v) is 7.45. The third kappa shape index (κ3) is 2.95. The van der Waals surface area contributed by atoms with E-state index in [-0.39, 0.29) is 0 Å². The Morgan fingerprint density at radius 2 is 2.08 bits per heavy atom. The number of hydrogen-bond donors (Lipinski definition) is 2. The average Bonchev–Trinajstić information content (AvgIpc) is 2.04. The van der Waals surface area contributed by atoms with Crippen molar-refractivity contribution in [2.45, 2.75) is 19.6 Å². The van der Waals surface area contributed by atoms with Crippen molar-refractivity contribution in [3.8, 4) is 0 Å². The van der Waals surface area contributed by atoms with Gasteiger partial charge in [0.15, 0.2) is 0 Å². The summed E-state index contributed by atoms with van der Waals surface area (Å²) in [6, 6.07) is 8.17. The molecule has 0 saturated heterocycles. The van der Waals surface area contributed by atoms with E-state index in [9.17, 15) is 4.80 Å². The minimum absolute atomic E-state index is 0.859. The standard InChI is InChI=1S/C10H17NOSi/c1-11-8-9-5-4-6-10(7-9)13(2,3)12/h4-7,11-12H,8H2,1-3H3. The maximum Gasteiger partial charge on any atom is 0.213 e. The van der Waals surface area contributed by atoms with Gasteiger partial charge in [0, 0.05) is 6.54 Å². The van der Waals surface area contributed by atoms with E-state index in [4.69, 9.17) is 0 Å². The van der Waals surface area contributed by atoms with Crippen LogP contribution in [0.4, 0.5) is 0 Å². The molecule has 72 valence electrons. The minimum atomic E-state index is -2.12. The molecule has 0 aliphatic rings. The first-order valence-electron chi connectivity index (χ1n) is 4.50. The molecule has 1 rings (SSSR count). The van der Waals surface area contributed by atoms with Crippen LogP contribution in [0, 0.1) is 0 Å². The van der Waals surface area contributed by atoms with Gasteiger partial charge in [-0.2, -0.15) is 0 Å². The summed E-state index contributed by atoms with van der Waals surface area (Å²) < 4.78 is 0.